The molecule has 0 saturated heterocycles. The van der Waals surface area contributed by atoms with E-state index in [4.69, 9.17) is 9.84 Å². The van der Waals surface area contributed by atoms with Gasteiger partial charge >= 0.3 is 5.97 Å². The van der Waals surface area contributed by atoms with E-state index < -0.39 is 11.4 Å². The standard InChI is InChI=1S/C16H19NO4/c18-14(17-10-16(7-8-16)15(19)20)12-3-1-2-4-13(12)21-9-11-5-6-11/h1-4,11H,5-10H2,(H,17,18)(H,19,20). The van der Waals surface area contributed by atoms with Crippen molar-refractivity contribution in [3.8, 4) is 5.75 Å². The first-order valence-electron chi connectivity index (χ1n) is 7.34. The molecule has 2 aliphatic rings. The largest absolute Gasteiger partial charge is 0.492 e. The molecule has 0 unspecified atom stereocenters. The number of carbonyl (C=O) groups is 2. The summed E-state index contributed by atoms with van der Waals surface area (Å²) < 4.78 is 5.70. The number of para-hydroxylation sites is 1. The van der Waals surface area contributed by atoms with Crippen molar-refractivity contribution in [3.05, 3.63) is 29.8 Å². The first-order valence-corrected chi connectivity index (χ1v) is 7.34. The Morgan fingerprint density at radius 1 is 1.29 bits per heavy atom. The Morgan fingerprint density at radius 3 is 2.62 bits per heavy atom. The van der Waals surface area contributed by atoms with E-state index in [1.54, 1.807) is 18.2 Å². The fourth-order valence-electron chi connectivity index (χ4n) is 2.23. The second kappa shape index (κ2) is 5.39. The highest BCUT2D eigenvalue weighted by atomic mass is 16.5. The van der Waals surface area contributed by atoms with Crippen molar-refractivity contribution < 1.29 is 19.4 Å². The average Bonchev–Trinajstić information content (AvgIpc) is 3.38. The normalized spacial score (nSPS) is 18.9. The number of amides is 1. The smallest absolute Gasteiger partial charge is 0.311 e. The van der Waals surface area contributed by atoms with Gasteiger partial charge in [0, 0.05) is 6.54 Å². The maximum Gasteiger partial charge on any atom is 0.311 e. The maximum atomic E-state index is 12.2. The molecule has 2 fully saturated rings. The maximum absolute atomic E-state index is 12.2. The monoisotopic (exact) mass is 289 g/mol. The molecule has 2 N–H and O–H groups in total. The van der Waals surface area contributed by atoms with Gasteiger partial charge in [0.2, 0.25) is 0 Å². The lowest BCUT2D eigenvalue weighted by atomic mass is 10.1. The Labute approximate surface area is 123 Å². The number of carboxylic acid groups (broad SMARTS) is 1. The summed E-state index contributed by atoms with van der Waals surface area (Å²) in [6.45, 7) is 0.821. The summed E-state index contributed by atoms with van der Waals surface area (Å²) in [5, 5.41) is 11.8. The molecule has 21 heavy (non-hydrogen) atoms. The molecular formula is C16H19NO4. The molecule has 1 aromatic carbocycles. The van der Waals surface area contributed by atoms with Gasteiger partial charge in [-0.15, -0.1) is 0 Å². The van der Waals surface area contributed by atoms with Crippen molar-refractivity contribution >= 4 is 11.9 Å². The minimum atomic E-state index is -0.832. The zero-order valence-electron chi connectivity index (χ0n) is 11.8. The minimum Gasteiger partial charge on any atom is -0.492 e. The molecule has 0 aliphatic heterocycles. The summed E-state index contributed by atoms with van der Waals surface area (Å²) in [5.41, 5.74) is -0.279. The molecule has 1 amide bonds. The van der Waals surface area contributed by atoms with Crippen molar-refractivity contribution in [2.45, 2.75) is 25.7 Å². The minimum absolute atomic E-state index is 0.179. The fourth-order valence-corrected chi connectivity index (χ4v) is 2.23. The summed E-state index contributed by atoms with van der Waals surface area (Å²) in [7, 11) is 0. The number of carbonyl (C=O) groups excluding carboxylic acids is 1. The van der Waals surface area contributed by atoms with Crippen LogP contribution in [0.4, 0.5) is 0 Å². The van der Waals surface area contributed by atoms with E-state index in [1.165, 1.54) is 12.8 Å². The highest BCUT2D eigenvalue weighted by Crippen LogP contribution is 2.45. The number of carboxylic acids is 1. The number of hydrogen-bond donors (Lipinski definition) is 2. The first-order chi connectivity index (χ1) is 10.1. The second-order valence-electron chi connectivity index (χ2n) is 6.02. The van der Waals surface area contributed by atoms with Crippen molar-refractivity contribution in [1.29, 1.82) is 0 Å². The zero-order chi connectivity index (χ0) is 14.9. The van der Waals surface area contributed by atoms with Crippen LogP contribution in [0.2, 0.25) is 0 Å². The molecule has 2 saturated carbocycles. The van der Waals surface area contributed by atoms with Gasteiger partial charge in [-0.25, -0.2) is 0 Å². The Kier molecular flexibility index (Phi) is 3.57. The fraction of sp³-hybridized carbons (Fsp3) is 0.500. The van der Waals surface area contributed by atoms with Crippen LogP contribution >= 0.6 is 0 Å². The predicted molar refractivity (Wildman–Crippen MR) is 76.3 cm³/mol. The average molecular weight is 289 g/mol. The highest BCUT2D eigenvalue weighted by molar-refractivity contribution is 5.97. The van der Waals surface area contributed by atoms with Crippen molar-refractivity contribution in [2.75, 3.05) is 13.2 Å². The molecular weight excluding hydrogens is 270 g/mol. The van der Waals surface area contributed by atoms with Crippen LogP contribution < -0.4 is 10.1 Å². The van der Waals surface area contributed by atoms with Gasteiger partial charge in [-0.2, -0.15) is 0 Å². The molecule has 0 atom stereocenters. The third-order valence-electron chi connectivity index (χ3n) is 4.20. The number of rotatable bonds is 7. The van der Waals surface area contributed by atoms with Crippen LogP contribution in [0.25, 0.3) is 0 Å². The molecule has 0 aromatic heterocycles. The van der Waals surface area contributed by atoms with Crippen LogP contribution in [0.3, 0.4) is 0 Å². The van der Waals surface area contributed by atoms with Gasteiger partial charge in [0.1, 0.15) is 5.75 Å². The van der Waals surface area contributed by atoms with Crippen LogP contribution in [-0.2, 0) is 4.79 Å². The van der Waals surface area contributed by atoms with Gasteiger partial charge in [0.05, 0.1) is 17.6 Å². The molecule has 5 heteroatoms. The molecule has 0 spiro atoms. The van der Waals surface area contributed by atoms with E-state index in [0.29, 0.717) is 36.7 Å². The summed E-state index contributed by atoms with van der Waals surface area (Å²) in [6, 6.07) is 7.10. The lowest BCUT2D eigenvalue weighted by molar-refractivity contribution is -0.143. The van der Waals surface area contributed by atoms with Crippen LogP contribution in [-0.4, -0.2) is 30.1 Å². The second-order valence-corrected chi connectivity index (χ2v) is 6.02. The molecule has 0 heterocycles. The summed E-state index contributed by atoms with van der Waals surface area (Å²) >= 11 is 0. The van der Waals surface area contributed by atoms with Crippen LogP contribution in [0.1, 0.15) is 36.0 Å². The molecule has 1 aromatic rings. The number of aliphatic carboxylic acids is 1. The lowest BCUT2D eigenvalue weighted by Gasteiger charge is -2.14. The predicted octanol–water partition coefficient (Wildman–Crippen LogP) is 2.07. The number of hydrogen-bond acceptors (Lipinski definition) is 3. The molecule has 5 nitrogen and oxygen atoms in total. The molecule has 3 rings (SSSR count). The Bertz CT molecular complexity index is 561. The van der Waals surface area contributed by atoms with Gasteiger partial charge in [-0.1, -0.05) is 12.1 Å². The van der Waals surface area contributed by atoms with Gasteiger partial charge < -0.3 is 15.2 Å². The quantitative estimate of drug-likeness (QED) is 0.805. The lowest BCUT2D eigenvalue weighted by Crippen LogP contribution is -2.34. The van der Waals surface area contributed by atoms with Gasteiger partial charge in [-0.3, -0.25) is 9.59 Å². The van der Waals surface area contributed by atoms with E-state index in [1.807, 2.05) is 6.07 Å². The Balaban J connectivity index is 1.62. The topological polar surface area (TPSA) is 75.6 Å². The van der Waals surface area contributed by atoms with E-state index >= 15 is 0 Å². The van der Waals surface area contributed by atoms with Gasteiger partial charge in [-0.05, 0) is 43.7 Å². The zero-order valence-corrected chi connectivity index (χ0v) is 11.8. The van der Waals surface area contributed by atoms with E-state index in [0.717, 1.165) is 0 Å². The SMILES string of the molecule is O=C(NCC1(C(=O)O)CC1)c1ccccc1OCC1CC1. The summed E-state index contributed by atoms with van der Waals surface area (Å²) in [6.07, 6.45) is 3.63. The van der Waals surface area contributed by atoms with E-state index in [9.17, 15) is 9.59 Å². The van der Waals surface area contributed by atoms with E-state index in [2.05, 4.69) is 5.32 Å². The van der Waals surface area contributed by atoms with Crippen molar-refractivity contribution in [3.63, 3.8) is 0 Å². The van der Waals surface area contributed by atoms with Crippen molar-refractivity contribution in [2.24, 2.45) is 11.3 Å². The number of ether oxygens (including phenoxy) is 1. The molecule has 0 bridgehead atoms. The van der Waals surface area contributed by atoms with Crippen LogP contribution in [0.15, 0.2) is 24.3 Å². The molecule has 0 radical (unpaired) electrons. The first kappa shape index (κ1) is 13.9. The van der Waals surface area contributed by atoms with Gasteiger partial charge in [0.25, 0.3) is 5.91 Å². The summed E-state index contributed by atoms with van der Waals surface area (Å²) in [4.78, 5) is 23.3. The van der Waals surface area contributed by atoms with Crippen LogP contribution in [0.5, 0.6) is 5.75 Å². The highest BCUT2D eigenvalue weighted by Gasteiger charge is 2.50. The van der Waals surface area contributed by atoms with Gasteiger partial charge in [0.15, 0.2) is 0 Å². The third kappa shape index (κ3) is 3.17. The summed E-state index contributed by atoms with van der Waals surface area (Å²) in [5.74, 6) is 0.0833. The van der Waals surface area contributed by atoms with Crippen molar-refractivity contribution in [1.82, 2.24) is 5.32 Å². The number of benzene rings is 1. The number of nitrogens with one attached hydrogen (secondary N) is 1. The Morgan fingerprint density at radius 2 is 2.00 bits per heavy atom. The molecule has 2 aliphatic carbocycles. The van der Waals surface area contributed by atoms with Crippen LogP contribution in [0, 0.1) is 11.3 Å². The molecule has 112 valence electrons. The Hall–Kier alpha value is -2.04. The van der Waals surface area contributed by atoms with E-state index in [-0.39, 0.29) is 12.5 Å². The third-order valence-corrected chi connectivity index (χ3v) is 4.20.